The van der Waals surface area contributed by atoms with Crippen LogP contribution in [0.15, 0.2) is 18.2 Å². The van der Waals surface area contributed by atoms with Gasteiger partial charge in [-0.3, -0.25) is 0 Å². The number of rotatable bonds is 5. The van der Waals surface area contributed by atoms with E-state index in [0.717, 1.165) is 12.0 Å². The Labute approximate surface area is 111 Å². The third kappa shape index (κ3) is 2.82. The molecule has 0 bridgehead atoms. The van der Waals surface area contributed by atoms with E-state index in [1.807, 2.05) is 13.0 Å². The molecule has 1 aromatic carbocycles. The molecule has 7 heteroatoms. The summed E-state index contributed by atoms with van der Waals surface area (Å²) in [6.07, 6.45) is 0.823. The zero-order valence-corrected chi connectivity index (χ0v) is 11.1. The van der Waals surface area contributed by atoms with Gasteiger partial charge in [0, 0.05) is 30.7 Å². The van der Waals surface area contributed by atoms with Gasteiger partial charge < -0.3 is 16.2 Å². The highest BCUT2D eigenvalue weighted by Crippen LogP contribution is 2.27. The number of benzene rings is 1. The summed E-state index contributed by atoms with van der Waals surface area (Å²) in [6.45, 7) is 2.68. The predicted octanol–water partition coefficient (Wildman–Crippen LogP) is 1.10. The normalized spacial score (nSPS) is 12.5. The Kier molecular flexibility index (Phi) is 3.96. The Morgan fingerprint density at radius 2 is 2.16 bits per heavy atom. The molecule has 0 saturated heterocycles. The molecule has 1 aromatic heterocycles. The summed E-state index contributed by atoms with van der Waals surface area (Å²) in [4.78, 5) is 0. The summed E-state index contributed by atoms with van der Waals surface area (Å²) >= 11 is 0. The van der Waals surface area contributed by atoms with Crippen LogP contribution in [0.4, 0.5) is 11.4 Å². The molecule has 0 fully saturated rings. The minimum Gasteiger partial charge on any atom is -0.399 e. The van der Waals surface area contributed by atoms with Crippen molar-refractivity contribution in [3.63, 3.8) is 0 Å². The molecule has 0 aliphatic rings. The Bertz CT molecular complexity index is 553. The van der Waals surface area contributed by atoms with Crippen LogP contribution in [0, 0.1) is 0 Å². The van der Waals surface area contributed by atoms with Crippen LogP contribution in [0.25, 0.3) is 11.4 Å². The lowest BCUT2D eigenvalue weighted by Gasteiger charge is -2.13. The monoisotopic (exact) mass is 262 g/mol. The first-order chi connectivity index (χ1) is 9.13. The van der Waals surface area contributed by atoms with Crippen molar-refractivity contribution in [2.24, 2.45) is 0 Å². The quantitative estimate of drug-likeness (QED) is 0.782. The second-order valence-corrected chi connectivity index (χ2v) is 4.42. The Morgan fingerprint density at radius 3 is 2.84 bits per heavy atom. The standard InChI is InChI=1S/C12H18N6O/c1-8(5-6-19-2)18-12(15-16-17-18)10-4-3-9(13)7-11(10)14/h3-4,7-8H,5-6,13-14H2,1-2H3. The van der Waals surface area contributed by atoms with E-state index in [1.165, 1.54) is 0 Å². The first-order valence-electron chi connectivity index (χ1n) is 6.05. The SMILES string of the molecule is COCCC(C)n1nnnc1-c1ccc(N)cc1N. The lowest BCUT2D eigenvalue weighted by atomic mass is 10.1. The van der Waals surface area contributed by atoms with Crippen LogP contribution in [0.2, 0.25) is 0 Å². The number of anilines is 2. The molecular formula is C12H18N6O. The fourth-order valence-electron chi connectivity index (χ4n) is 1.86. The summed E-state index contributed by atoms with van der Waals surface area (Å²) < 4.78 is 6.82. The highest BCUT2D eigenvalue weighted by molar-refractivity contribution is 5.74. The van der Waals surface area contributed by atoms with Crippen molar-refractivity contribution in [2.45, 2.75) is 19.4 Å². The van der Waals surface area contributed by atoms with E-state index < -0.39 is 0 Å². The minimum absolute atomic E-state index is 0.127. The van der Waals surface area contributed by atoms with Crippen molar-refractivity contribution in [1.82, 2.24) is 20.2 Å². The molecule has 102 valence electrons. The summed E-state index contributed by atoms with van der Waals surface area (Å²) in [6, 6.07) is 5.44. The van der Waals surface area contributed by atoms with Gasteiger partial charge in [0.05, 0.1) is 6.04 Å². The number of methoxy groups -OCH3 is 1. The lowest BCUT2D eigenvalue weighted by Crippen LogP contribution is -2.12. The number of hydrogen-bond donors (Lipinski definition) is 2. The number of nitrogens with two attached hydrogens (primary N) is 2. The zero-order chi connectivity index (χ0) is 13.8. The van der Waals surface area contributed by atoms with E-state index >= 15 is 0 Å². The maximum Gasteiger partial charge on any atom is 0.184 e. The summed E-state index contributed by atoms with van der Waals surface area (Å²) in [5.41, 5.74) is 13.6. The van der Waals surface area contributed by atoms with Gasteiger partial charge in [0.25, 0.3) is 0 Å². The van der Waals surface area contributed by atoms with E-state index in [2.05, 4.69) is 15.5 Å². The van der Waals surface area contributed by atoms with Crippen LogP contribution in [0.1, 0.15) is 19.4 Å². The smallest absolute Gasteiger partial charge is 0.184 e. The number of tetrazole rings is 1. The molecule has 7 nitrogen and oxygen atoms in total. The highest BCUT2D eigenvalue weighted by Gasteiger charge is 2.16. The van der Waals surface area contributed by atoms with E-state index in [1.54, 1.807) is 23.9 Å². The molecule has 1 heterocycles. The van der Waals surface area contributed by atoms with Gasteiger partial charge in [0.1, 0.15) is 0 Å². The van der Waals surface area contributed by atoms with Gasteiger partial charge >= 0.3 is 0 Å². The summed E-state index contributed by atoms with van der Waals surface area (Å²) in [5.74, 6) is 0.640. The molecule has 0 saturated carbocycles. The Hall–Kier alpha value is -2.15. The van der Waals surface area contributed by atoms with Gasteiger partial charge in [-0.2, -0.15) is 0 Å². The minimum atomic E-state index is 0.127. The molecular weight excluding hydrogens is 244 g/mol. The summed E-state index contributed by atoms with van der Waals surface area (Å²) in [7, 11) is 1.67. The predicted molar refractivity (Wildman–Crippen MR) is 73.3 cm³/mol. The molecule has 1 atom stereocenters. The zero-order valence-electron chi connectivity index (χ0n) is 11.1. The van der Waals surface area contributed by atoms with Crippen LogP contribution < -0.4 is 11.5 Å². The topological polar surface area (TPSA) is 105 Å². The van der Waals surface area contributed by atoms with Gasteiger partial charge in [-0.05, 0) is 42.0 Å². The van der Waals surface area contributed by atoms with Crippen LogP contribution in [0.5, 0.6) is 0 Å². The molecule has 2 rings (SSSR count). The van der Waals surface area contributed by atoms with Gasteiger partial charge in [-0.15, -0.1) is 5.10 Å². The van der Waals surface area contributed by atoms with Crippen LogP contribution in [-0.2, 0) is 4.74 Å². The molecule has 0 aliphatic heterocycles. The maximum atomic E-state index is 5.97. The maximum absolute atomic E-state index is 5.97. The average molecular weight is 262 g/mol. The molecule has 2 aromatic rings. The molecule has 4 N–H and O–H groups in total. The third-order valence-corrected chi connectivity index (χ3v) is 2.97. The van der Waals surface area contributed by atoms with Gasteiger partial charge in [-0.1, -0.05) is 0 Å². The van der Waals surface area contributed by atoms with Crippen molar-refractivity contribution in [3.8, 4) is 11.4 Å². The van der Waals surface area contributed by atoms with Crippen LogP contribution >= 0.6 is 0 Å². The van der Waals surface area contributed by atoms with Gasteiger partial charge in [0.15, 0.2) is 5.82 Å². The largest absolute Gasteiger partial charge is 0.399 e. The first-order valence-corrected chi connectivity index (χ1v) is 6.05. The second kappa shape index (κ2) is 5.66. The van der Waals surface area contributed by atoms with Crippen molar-refractivity contribution >= 4 is 11.4 Å². The molecule has 1 unspecified atom stereocenters. The average Bonchev–Trinajstić information content (AvgIpc) is 2.85. The molecule has 19 heavy (non-hydrogen) atoms. The fourth-order valence-corrected chi connectivity index (χ4v) is 1.86. The molecule has 0 amide bonds. The van der Waals surface area contributed by atoms with Crippen molar-refractivity contribution in [3.05, 3.63) is 18.2 Å². The van der Waals surface area contributed by atoms with Gasteiger partial charge in [0.2, 0.25) is 0 Å². The molecule has 0 aliphatic carbocycles. The second-order valence-electron chi connectivity index (χ2n) is 4.42. The number of nitrogens with zero attached hydrogens (tertiary/aromatic N) is 4. The van der Waals surface area contributed by atoms with E-state index in [-0.39, 0.29) is 6.04 Å². The van der Waals surface area contributed by atoms with Crippen molar-refractivity contribution < 1.29 is 4.74 Å². The first kappa shape index (κ1) is 13.3. The third-order valence-electron chi connectivity index (χ3n) is 2.97. The van der Waals surface area contributed by atoms with Crippen molar-refractivity contribution in [2.75, 3.05) is 25.2 Å². The van der Waals surface area contributed by atoms with Crippen molar-refractivity contribution in [1.29, 1.82) is 0 Å². The molecule has 0 spiro atoms. The highest BCUT2D eigenvalue weighted by atomic mass is 16.5. The number of nitrogen functional groups attached to an aromatic ring is 2. The molecule has 0 radical (unpaired) electrons. The fraction of sp³-hybridized carbons (Fsp3) is 0.417. The number of ether oxygens (including phenoxy) is 1. The Balaban J connectivity index is 2.33. The summed E-state index contributed by atoms with van der Waals surface area (Å²) in [5, 5.41) is 11.8. The van der Waals surface area contributed by atoms with Crippen LogP contribution in [0.3, 0.4) is 0 Å². The number of aromatic nitrogens is 4. The lowest BCUT2D eigenvalue weighted by molar-refractivity contribution is 0.178. The Morgan fingerprint density at radius 1 is 1.37 bits per heavy atom. The van der Waals surface area contributed by atoms with E-state index in [0.29, 0.717) is 23.8 Å². The van der Waals surface area contributed by atoms with E-state index in [9.17, 15) is 0 Å². The number of hydrogen-bond acceptors (Lipinski definition) is 6. The van der Waals surface area contributed by atoms with Crippen LogP contribution in [-0.4, -0.2) is 33.9 Å². The van der Waals surface area contributed by atoms with E-state index in [4.69, 9.17) is 16.2 Å². The van der Waals surface area contributed by atoms with Gasteiger partial charge in [-0.25, -0.2) is 4.68 Å².